The number of rotatable bonds is 10. The molecular formula is C21H30O3. The van der Waals surface area contributed by atoms with Crippen molar-refractivity contribution >= 4 is 6.08 Å². The summed E-state index contributed by atoms with van der Waals surface area (Å²) in [5.41, 5.74) is 3.82. The number of hydrogen-bond acceptors (Lipinski definition) is 3. The van der Waals surface area contributed by atoms with Gasteiger partial charge in [-0.05, 0) is 54.5 Å². The summed E-state index contributed by atoms with van der Waals surface area (Å²) in [4.78, 5) is 0. The molecule has 3 nitrogen and oxygen atoms in total. The van der Waals surface area contributed by atoms with E-state index in [2.05, 4.69) is 19.6 Å². The number of phenols is 1. The van der Waals surface area contributed by atoms with Gasteiger partial charge in [-0.3, -0.25) is 0 Å². The van der Waals surface area contributed by atoms with Crippen LogP contribution in [0.4, 0.5) is 0 Å². The lowest BCUT2D eigenvalue weighted by molar-refractivity contribution is 0.200. The summed E-state index contributed by atoms with van der Waals surface area (Å²) in [6, 6.07) is 7.18. The Hall–Kier alpha value is -1.84. The van der Waals surface area contributed by atoms with Gasteiger partial charge in [0.1, 0.15) is 5.75 Å². The second-order valence-electron chi connectivity index (χ2n) is 6.00. The summed E-state index contributed by atoms with van der Waals surface area (Å²) in [5.74, 6) is 0.257. The van der Waals surface area contributed by atoms with E-state index in [1.54, 1.807) is 18.2 Å². The van der Waals surface area contributed by atoms with Gasteiger partial charge in [0.15, 0.2) is 0 Å². The molecule has 0 heterocycles. The van der Waals surface area contributed by atoms with Gasteiger partial charge in [0.25, 0.3) is 0 Å². The van der Waals surface area contributed by atoms with Gasteiger partial charge in [-0.1, -0.05) is 56.7 Å². The van der Waals surface area contributed by atoms with Crippen molar-refractivity contribution in [2.24, 2.45) is 0 Å². The predicted octanol–water partition coefficient (Wildman–Crippen LogP) is 4.60. The van der Waals surface area contributed by atoms with Crippen molar-refractivity contribution in [1.29, 1.82) is 0 Å². The molecule has 0 saturated carbocycles. The van der Waals surface area contributed by atoms with E-state index in [9.17, 15) is 10.2 Å². The molecule has 3 heteroatoms. The van der Waals surface area contributed by atoms with Crippen LogP contribution in [0, 0.1) is 0 Å². The molecule has 1 aromatic carbocycles. The second kappa shape index (κ2) is 10.8. The van der Waals surface area contributed by atoms with Crippen LogP contribution in [0.5, 0.6) is 5.75 Å². The van der Waals surface area contributed by atoms with Gasteiger partial charge in [0.05, 0.1) is 12.7 Å². The summed E-state index contributed by atoms with van der Waals surface area (Å²) in [6.45, 7) is 8.00. The van der Waals surface area contributed by atoms with Crippen LogP contribution in [0.25, 0.3) is 6.08 Å². The van der Waals surface area contributed by atoms with Crippen LogP contribution in [0.1, 0.15) is 51.5 Å². The summed E-state index contributed by atoms with van der Waals surface area (Å²) in [7, 11) is 0. The molecule has 0 radical (unpaired) electrons. The van der Waals surface area contributed by atoms with Crippen molar-refractivity contribution in [3.05, 3.63) is 59.2 Å². The van der Waals surface area contributed by atoms with Crippen molar-refractivity contribution in [2.45, 2.75) is 52.1 Å². The van der Waals surface area contributed by atoms with E-state index in [1.807, 2.05) is 19.1 Å². The van der Waals surface area contributed by atoms with Crippen LogP contribution in [0.15, 0.2) is 53.6 Å². The monoisotopic (exact) mass is 330 g/mol. The first-order valence-electron chi connectivity index (χ1n) is 8.67. The highest BCUT2D eigenvalue weighted by Gasteiger charge is 2.13. The third-order valence-electron chi connectivity index (χ3n) is 4.06. The van der Waals surface area contributed by atoms with E-state index in [1.165, 1.54) is 5.57 Å². The van der Waals surface area contributed by atoms with Crippen molar-refractivity contribution < 1.29 is 15.3 Å². The summed E-state index contributed by atoms with van der Waals surface area (Å²) in [6.07, 6.45) is 7.21. The fraction of sp³-hybridized carbons (Fsp3) is 0.429. The van der Waals surface area contributed by atoms with Gasteiger partial charge in [0, 0.05) is 0 Å². The average Bonchev–Trinajstić information content (AvgIpc) is 2.57. The first kappa shape index (κ1) is 20.2. The molecule has 0 aliphatic carbocycles. The van der Waals surface area contributed by atoms with E-state index < -0.39 is 6.10 Å². The lowest BCUT2D eigenvalue weighted by atomic mass is 9.93. The van der Waals surface area contributed by atoms with Crippen molar-refractivity contribution in [2.75, 3.05) is 6.61 Å². The van der Waals surface area contributed by atoms with E-state index in [0.29, 0.717) is 6.42 Å². The van der Waals surface area contributed by atoms with Crippen LogP contribution in [0.3, 0.4) is 0 Å². The number of aliphatic hydroxyl groups is 2. The predicted molar refractivity (Wildman–Crippen MR) is 101 cm³/mol. The largest absolute Gasteiger partial charge is 0.508 e. The van der Waals surface area contributed by atoms with Gasteiger partial charge < -0.3 is 15.3 Å². The minimum absolute atomic E-state index is 0.0909. The molecule has 3 N–H and O–H groups in total. The molecule has 1 aromatic rings. The maximum atomic E-state index is 10.5. The van der Waals surface area contributed by atoms with Crippen molar-refractivity contribution in [1.82, 2.24) is 0 Å². The zero-order valence-electron chi connectivity index (χ0n) is 14.8. The van der Waals surface area contributed by atoms with Gasteiger partial charge >= 0.3 is 0 Å². The van der Waals surface area contributed by atoms with Crippen LogP contribution >= 0.6 is 0 Å². The molecule has 0 spiro atoms. The topological polar surface area (TPSA) is 60.7 Å². The number of benzene rings is 1. The Balaban J connectivity index is 2.82. The zero-order valence-corrected chi connectivity index (χ0v) is 14.8. The molecule has 0 aromatic heterocycles. The fourth-order valence-electron chi connectivity index (χ4n) is 2.74. The molecule has 0 bridgehead atoms. The Kier molecular flexibility index (Phi) is 9.13. The summed E-state index contributed by atoms with van der Waals surface area (Å²) < 4.78 is 0. The number of aromatic hydroxyl groups is 1. The smallest absolute Gasteiger partial charge is 0.116 e. The number of phenolic OH excluding ortho intramolecular Hbond substituents is 1. The van der Waals surface area contributed by atoms with Gasteiger partial charge in [-0.25, -0.2) is 0 Å². The molecule has 0 aliphatic rings. The SMILES string of the molecule is C=C(CC)/C(=C/CO)C(O)CC/C(=C/c1cccc(O)c1)CCC. The van der Waals surface area contributed by atoms with Crippen LogP contribution in [-0.4, -0.2) is 28.0 Å². The molecule has 1 atom stereocenters. The molecule has 0 fully saturated rings. The molecular weight excluding hydrogens is 300 g/mol. The molecule has 1 rings (SSSR count). The van der Waals surface area contributed by atoms with Crippen molar-refractivity contribution in [3.8, 4) is 5.75 Å². The van der Waals surface area contributed by atoms with E-state index in [0.717, 1.165) is 42.4 Å². The lowest BCUT2D eigenvalue weighted by Crippen LogP contribution is -2.13. The average molecular weight is 330 g/mol. The third kappa shape index (κ3) is 6.73. The Bertz CT molecular complexity index is 585. The fourth-order valence-corrected chi connectivity index (χ4v) is 2.74. The third-order valence-corrected chi connectivity index (χ3v) is 4.06. The molecule has 0 amide bonds. The maximum absolute atomic E-state index is 10.5. The maximum Gasteiger partial charge on any atom is 0.116 e. The normalized spacial score (nSPS) is 13.8. The molecule has 0 aliphatic heterocycles. The highest BCUT2D eigenvalue weighted by Crippen LogP contribution is 2.24. The number of allylic oxidation sites excluding steroid dienone is 1. The Labute approximate surface area is 145 Å². The summed E-state index contributed by atoms with van der Waals surface area (Å²) in [5, 5.41) is 29.2. The van der Waals surface area contributed by atoms with Crippen LogP contribution in [-0.2, 0) is 0 Å². The van der Waals surface area contributed by atoms with Gasteiger partial charge in [-0.15, -0.1) is 0 Å². The Morgan fingerprint density at radius 3 is 2.58 bits per heavy atom. The number of hydrogen-bond donors (Lipinski definition) is 3. The van der Waals surface area contributed by atoms with Gasteiger partial charge in [-0.2, -0.15) is 0 Å². The summed E-state index contributed by atoms with van der Waals surface area (Å²) >= 11 is 0. The Morgan fingerprint density at radius 1 is 1.25 bits per heavy atom. The molecule has 24 heavy (non-hydrogen) atoms. The van der Waals surface area contributed by atoms with E-state index in [-0.39, 0.29) is 12.4 Å². The van der Waals surface area contributed by atoms with Crippen LogP contribution < -0.4 is 0 Å². The van der Waals surface area contributed by atoms with Crippen molar-refractivity contribution in [3.63, 3.8) is 0 Å². The first-order valence-corrected chi connectivity index (χ1v) is 8.67. The van der Waals surface area contributed by atoms with Crippen LogP contribution in [0.2, 0.25) is 0 Å². The minimum Gasteiger partial charge on any atom is -0.508 e. The number of aliphatic hydroxyl groups excluding tert-OH is 2. The quantitative estimate of drug-likeness (QED) is 0.549. The standard InChI is InChI=1S/C21H30O3/c1-4-7-17(14-18-8-6-9-19(23)15-18)10-11-21(24)20(12-13-22)16(3)5-2/h6,8-9,12,14-15,21-24H,3-5,7,10-11,13H2,1-2H3/b17-14+,20-12-. The Morgan fingerprint density at radius 2 is 2.00 bits per heavy atom. The molecule has 0 saturated heterocycles. The second-order valence-corrected chi connectivity index (χ2v) is 6.00. The zero-order chi connectivity index (χ0) is 17.9. The molecule has 1 unspecified atom stereocenters. The minimum atomic E-state index is -0.617. The highest BCUT2D eigenvalue weighted by molar-refractivity contribution is 5.54. The van der Waals surface area contributed by atoms with Gasteiger partial charge in [0.2, 0.25) is 0 Å². The first-order chi connectivity index (χ1) is 11.5. The molecule has 132 valence electrons. The highest BCUT2D eigenvalue weighted by atomic mass is 16.3. The van der Waals surface area contributed by atoms with E-state index >= 15 is 0 Å². The van der Waals surface area contributed by atoms with E-state index in [4.69, 9.17) is 5.11 Å². The lowest BCUT2D eigenvalue weighted by Gasteiger charge is -2.17.